The maximum Gasteiger partial charge on any atom is 0.277 e. The maximum atomic E-state index is 11.8. The molecule has 0 radical (unpaired) electrons. The van der Waals surface area contributed by atoms with Crippen LogP contribution in [0.25, 0.3) is 0 Å². The molecule has 0 aliphatic carbocycles. The van der Waals surface area contributed by atoms with Gasteiger partial charge in [-0.1, -0.05) is 0 Å². The van der Waals surface area contributed by atoms with Gasteiger partial charge in [0.1, 0.15) is 5.75 Å². The molecular weight excluding hydrogens is 280 g/mol. The molecule has 20 heavy (non-hydrogen) atoms. The Labute approximate surface area is 118 Å². The summed E-state index contributed by atoms with van der Waals surface area (Å²) < 4.78 is 13.0. The minimum Gasteiger partial charge on any atom is -0.479 e. The Balaban J connectivity index is 1.81. The Kier molecular flexibility index (Phi) is 3.07. The van der Waals surface area contributed by atoms with Crippen LogP contribution in [0, 0.1) is 0 Å². The number of nitrogens with one attached hydrogen (secondary N) is 2. The fraction of sp³-hybridized carbons (Fsp3) is 0.167. The van der Waals surface area contributed by atoms with Crippen LogP contribution >= 0.6 is 11.7 Å². The fourth-order valence-corrected chi connectivity index (χ4v) is 2.16. The normalized spacial score (nSPS) is 16.9. The van der Waals surface area contributed by atoms with E-state index in [1.54, 1.807) is 25.1 Å². The lowest BCUT2D eigenvalue weighted by atomic mass is 10.2. The summed E-state index contributed by atoms with van der Waals surface area (Å²) in [5.74, 6) is 0.00484. The van der Waals surface area contributed by atoms with Crippen molar-refractivity contribution in [1.82, 2.24) is 8.75 Å². The monoisotopic (exact) mass is 290 g/mol. The van der Waals surface area contributed by atoms with Crippen molar-refractivity contribution in [2.24, 2.45) is 0 Å². The van der Waals surface area contributed by atoms with Crippen LogP contribution < -0.4 is 15.4 Å². The number of fused-ring (bicyclic) bond motifs is 1. The van der Waals surface area contributed by atoms with Gasteiger partial charge < -0.3 is 15.4 Å². The van der Waals surface area contributed by atoms with Crippen LogP contribution in [0.15, 0.2) is 24.4 Å². The quantitative estimate of drug-likeness (QED) is 0.874. The molecule has 0 saturated carbocycles. The van der Waals surface area contributed by atoms with Crippen molar-refractivity contribution in [2.75, 3.05) is 10.6 Å². The fourth-order valence-electron chi connectivity index (χ4n) is 1.75. The number of amides is 2. The van der Waals surface area contributed by atoms with E-state index in [2.05, 4.69) is 19.4 Å². The van der Waals surface area contributed by atoms with Crippen molar-refractivity contribution in [3.63, 3.8) is 0 Å². The highest BCUT2D eigenvalue weighted by Gasteiger charge is 2.23. The van der Waals surface area contributed by atoms with E-state index < -0.39 is 6.10 Å². The molecule has 2 N–H and O–H groups in total. The van der Waals surface area contributed by atoms with Crippen LogP contribution in [0.3, 0.4) is 0 Å². The van der Waals surface area contributed by atoms with Crippen molar-refractivity contribution < 1.29 is 14.3 Å². The van der Waals surface area contributed by atoms with Gasteiger partial charge in [-0.05, 0) is 25.1 Å². The summed E-state index contributed by atoms with van der Waals surface area (Å²) in [6.07, 6.45) is 0.870. The molecule has 1 atom stereocenters. The van der Waals surface area contributed by atoms with Gasteiger partial charge in [-0.3, -0.25) is 9.59 Å². The molecule has 1 aliphatic heterocycles. The van der Waals surface area contributed by atoms with Gasteiger partial charge in [0, 0.05) is 5.69 Å². The lowest BCUT2D eigenvalue weighted by Crippen LogP contribution is -2.34. The molecule has 1 aliphatic rings. The van der Waals surface area contributed by atoms with Crippen LogP contribution in [-0.2, 0) is 4.79 Å². The molecule has 0 spiro atoms. The summed E-state index contributed by atoms with van der Waals surface area (Å²) in [4.78, 5) is 23.4. The topological polar surface area (TPSA) is 93.2 Å². The first-order chi connectivity index (χ1) is 9.63. The summed E-state index contributed by atoms with van der Waals surface area (Å²) in [6.45, 7) is 1.67. The van der Waals surface area contributed by atoms with Crippen molar-refractivity contribution >= 4 is 34.9 Å². The third-order valence-corrected chi connectivity index (χ3v) is 3.24. The first-order valence-electron chi connectivity index (χ1n) is 5.84. The highest BCUT2D eigenvalue weighted by atomic mass is 32.1. The minimum absolute atomic E-state index is 0.218. The van der Waals surface area contributed by atoms with E-state index in [4.69, 9.17) is 4.74 Å². The van der Waals surface area contributed by atoms with E-state index >= 15 is 0 Å². The molecule has 2 heterocycles. The van der Waals surface area contributed by atoms with E-state index in [1.807, 2.05) is 0 Å². The number of carbonyl (C=O) groups excluding carboxylic acids is 2. The lowest BCUT2D eigenvalue weighted by Gasteiger charge is -2.23. The van der Waals surface area contributed by atoms with E-state index in [1.165, 1.54) is 6.20 Å². The van der Waals surface area contributed by atoms with Crippen molar-refractivity contribution in [1.29, 1.82) is 0 Å². The number of hydrogen-bond donors (Lipinski definition) is 2. The third-order valence-electron chi connectivity index (χ3n) is 2.76. The zero-order chi connectivity index (χ0) is 14.1. The number of ether oxygens (including phenoxy) is 1. The summed E-state index contributed by atoms with van der Waals surface area (Å²) in [5, 5.41) is 5.40. The van der Waals surface area contributed by atoms with Gasteiger partial charge in [-0.25, -0.2) is 0 Å². The Bertz CT molecular complexity index is 671. The molecule has 0 saturated heterocycles. The molecular formula is C12H10N4O3S. The SMILES string of the molecule is CC1Oc2ccc(NC(=O)c3cnsn3)cc2NC1=O. The van der Waals surface area contributed by atoms with Crippen LogP contribution in [0.5, 0.6) is 5.75 Å². The molecule has 1 unspecified atom stereocenters. The Morgan fingerprint density at radius 3 is 3.10 bits per heavy atom. The van der Waals surface area contributed by atoms with Gasteiger partial charge in [-0.2, -0.15) is 8.75 Å². The second-order valence-corrected chi connectivity index (χ2v) is 4.76. The molecule has 102 valence electrons. The first-order valence-corrected chi connectivity index (χ1v) is 6.57. The molecule has 1 aromatic heterocycles. The molecule has 2 aromatic rings. The summed E-state index contributed by atoms with van der Waals surface area (Å²) >= 11 is 0.964. The van der Waals surface area contributed by atoms with E-state index in [-0.39, 0.29) is 17.5 Å². The molecule has 0 fully saturated rings. The van der Waals surface area contributed by atoms with Gasteiger partial charge in [0.25, 0.3) is 11.8 Å². The van der Waals surface area contributed by atoms with Crippen LogP contribution in [0.1, 0.15) is 17.4 Å². The zero-order valence-corrected chi connectivity index (χ0v) is 11.2. The number of carbonyl (C=O) groups is 2. The number of nitrogens with zero attached hydrogens (tertiary/aromatic N) is 2. The first kappa shape index (κ1) is 12.5. The average molecular weight is 290 g/mol. The molecule has 7 nitrogen and oxygen atoms in total. The molecule has 0 bridgehead atoms. The second kappa shape index (κ2) is 4.89. The van der Waals surface area contributed by atoms with Gasteiger partial charge >= 0.3 is 0 Å². The van der Waals surface area contributed by atoms with Crippen LogP contribution in [0.4, 0.5) is 11.4 Å². The average Bonchev–Trinajstić information content (AvgIpc) is 2.94. The minimum atomic E-state index is -0.524. The van der Waals surface area contributed by atoms with E-state index in [0.29, 0.717) is 17.1 Å². The van der Waals surface area contributed by atoms with Crippen molar-refractivity contribution in [3.8, 4) is 5.75 Å². The standard InChI is InChI=1S/C12H10N4O3S/c1-6-11(17)15-8-4-7(2-3-10(8)19-6)14-12(18)9-5-13-20-16-9/h2-6H,1H3,(H,14,18)(H,15,17). The second-order valence-electron chi connectivity index (χ2n) is 4.21. The highest BCUT2D eigenvalue weighted by Crippen LogP contribution is 2.32. The van der Waals surface area contributed by atoms with Gasteiger partial charge in [-0.15, -0.1) is 0 Å². The van der Waals surface area contributed by atoms with E-state index in [0.717, 1.165) is 11.7 Å². The summed E-state index contributed by atoms with van der Waals surface area (Å²) in [6, 6.07) is 5.03. The largest absolute Gasteiger partial charge is 0.479 e. The number of hydrogen-bond acceptors (Lipinski definition) is 6. The summed E-state index contributed by atoms with van der Waals surface area (Å²) in [5.41, 5.74) is 1.32. The summed E-state index contributed by atoms with van der Waals surface area (Å²) in [7, 11) is 0. The molecule has 8 heteroatoms. The molecule has 1 aromatic carbocycles. The Morgan fingerprint density at radius 1 is 1.50 bits per heavy atom. The number of aromatic nitrogens is 2. The maximum absolute atomic E-state index is 11.8. The Morgan fingerprint density at radius 2 is 2.35 bits per heavy atom. The van der Waals surface area contributed by atoms with Crippen LogP contribution in [-0.4, -0.2) is 26.7 Å². The Hall–Kier alpha value is -2.48. The highest BCUT2D eigenvalue weighted by molar-refractivity contribution is 6.99. The van der Waals surface area contributed by atoms with Gasteiger partial charge in [0.05, 0.1) is 23.6 Å². The third kappa shape index (κ3) is 2.32. The lowest BCUT2D eigenvalue weighted by molar-refractivity contribution is -0.122. The predicted molar refractivity (Wildman–Crippen MR) is 73.0 cm³/mol. The van der Waals surface area contributed by atoms with Gasteiger partial charge in [0.2, 0.25) is 0 Å². The zero-order valence-electron chi connectivity index (χ0n) is 10.4. The van der Waals surface area contributed by atoms with Gasteiger partial charge in [0.15, 0.2) is 11.8 Å². The number of anilines is 2. The number of rotatable bonds is 2. The van der Waals surface area contributed by atoms with Crippen molar-refractivity contribution in [2.45, 2.75) is 13.0 Å². The molecule has 3 rings (SSSR count). The van der Waals surface area contributed by atoms with E-state index in [9.17, 15) is 9.59 Å². The number of benzene rings is 1. The predicted octanol–water partition coefficient (Wildman–Crippen LogP) is 1.51. The van der Waals surface area contributed by atoms with Crippen LogP contribution in [0.2, 0.25) is 0 Å². The smallest absolute Gasteiger partial charge is 0.277 e. The van der Waals surface area contributed by atoms with Crippen molar-refractivity contribution in [3.05, 3.63) is 30.1 Å². The molecule has 2 amide bonds.